The molecule has 0 amide bonds. The van der Waals surface area contributed by atoms with Crippen molar-refractivity contribution in [2.24, 2.45) is 0 Å². The van der Waals surface area contributed by atoms with Gasteiger partial charge in [0, 0.05) is 24.6 Å². The highest BCUT2D eigenvalue weighted by Gasteiger charge is 2.35. The molecule has 1 heterocycles. The summed E-state index contributed by atoms with van der Waals surface area (Å²) in [6.07, 6.45) is -1.86. The maximum Gasteiger partial charge on any atom is 0.421 e. The molecule has 0 atom stereocenters. The first-order chi connectivity index (χ1) is 14.8. The van der Waals surface area contributed by atoms with Crippen molar-refractivity contribution in [1.29, 1.82) is 0 Å². The first kappa shape index (κ1) is 22.4. The molecule has 0 fully saturated rings. The van der Waals surface area contributed by atoms with Crippen LogP contribution in [0.25, 0.3) is 0 Å². The molecule has 0 bridgehead atoms. The molecule has 31 heavy (non-hydrogen) atoms. The Morgan fingerprint density at radius 3 is 2.26 bits per heavy atom. The summed E-state index contributed by atoms with van der Waals surface area (Å²) in [4.78, 5) is 9.74. The molecule has 164 valence electrons. The number of ether oxygens (including phenoxy) is 1. The van der Waals surface area contributed by atoms with Crippen LogP contribution in [-0.2, 0) is 12.6 Å². The Bertz CT molecular complexity index is 989. The zero-order valence-electron chi connectivity index (χ0n) is 17.7. The van der Waals surface area contributed by atoms with Crippen LogP contribution in [0.1, 0.15) is 31.4 Å². The van der Waals surface area contributed by atoms with Crippen molar-refractivity contribution >= 4 is 23.1 Å². The van der Waals surface area contributed by atoms with Crippen molar-refractivity contribution < 1.29 is 17.9 Å². The largest absolute Gasteiger partial charge is 0.494 e. The molecule has 0 unspecified atom stereocenters. The highest BCUT2D eigenvalue weighted by molar-refractivity contribution is 5.64. The Balaban J connectivity index is 1.90. The van der Waals surface area contributed by atoms with E-state index in [-0.39, 0.29) is 11.8 Å². The van der Waals surface area contributed by atoms with Gasteiger partial charge in [0.15, 0.2) is 0 Å². The van der Waals surface area contributed by atoms with Gasteiger partial charge in [-0.3, -0.25) is 0 Å². The van der Waals surface area contributed by atoms with Crippen molar-refractivity contribution in [3.63, 3.8) is 0 Å². The first-order valence-corrected chi connectivity index (χ1v) is 10.1. The lowest BCUT2D eigenvalue weighted by Gasteiger charge is -2.20. The zero-order valence-corrected chi connectivity index (χ0v) is 17.7. The molecule has 0 aliphatic carbocycles. The Morgan fingerprint density at radius 1 is 1.00 bits per heavy atom. The summed E-state index contributed by atoms with van der Waals surface area (Å²) in [5, 5.41) is 2.80. The lowest BCUT2D eigenvalue weighted by Crippen LogP contribution is -2.17. The second-order valence-electron chi connectivity index (χ2n) is 6.99. The molecule has 0 saturated heterocycles. The summed E-state index contributed by atoms with van der Waals surface area (Å²) < 4.78 is 46.0. The third-order valence-corrected chi connectivity index (χ3v) is 4.67. The van der Waals surface area contributed by atoms with Gasteiger partial charge in [-0.05, 0) is 55.3 Å². The topological polar surface area (TPSA) is 50.3 Å². The average molecular weight is 430 g/mol. The summed E-state index contributed by atoms with van der Waals surface area (Å²) in [7, 11) is 1.70. The highest BCUT2D eigenvalue weighted by atomic mass is 19.4. The molecule has 0 radical (unpaired) electrons. The highest BCUT2D eigenvalue weighted by Crippen LogP contribution is 2.36. The molecular formula is C23H25F3N4O. The predicted molar refractivity (Wildman–Crippen MR) is 116 cm³/mol. The number of anilines is 4. The number of nitrogens with one attached hydrogen (secondary N) is 1. The second kappa shape index (κ2) is 9.68. The molecule has 0 spiro atoms. The van der Waals surface area contributed by atoms with Gasteiger partial charge in [-0.2, -0.15) is 18.2 Å². The van der Waals surface area contributed by atoms with Crippen molar-refractivity contribution in [3.8, 4) is 5.75 Å². The van der Waals surface area contributed by atoms with Crippen LogP contribution in [0.4, 0.5) is 36.3 Å². The van der Waals surface area contributed by atoms with E-state index in [1.54, 1.807) is 48.3 Å². The van der Waals surface area contributed by atoms with Crippen LogP contribution in [0, 0.1) is 0 Å². The molecule has 0 aliphatic rings. The number of aryl methyl sites for hydroxylation is 1. The van der Waals surface area contributed by atoms with Gasteiger partial charge >= 0.3 is 6.18 Å². The molecule has 0 saturated carbocycles. The Kier molecular flexibility index (Phi) is 6.99. The standard InChI is InChI=1S/C23H25F3N4O/c1-4-6-16-7-9-17(10-8-16)28-21-20(23(24,25)26)15-27-22(29-21)30(3)18-11-13-19(14-12-18)31-5-2/h7-15H,4-6H2,1-3H3,(H,27,28,29). The predicted octanol–water partition coefficient (Wildman–Crippen LogP) is 6.36. The van der Waals surface area contributed by atoms with Gasteiger partial charge in [-0.15, -0.1) is 0 Å². The van der Waals surface area contributed by atoms with Crippen LogP contribution < -0.4 is 15.0 Å². The van der Waals surface area contributed by atoms with Crippen molar-refractivity contribution in [2.75, 3.05) is 23.9 Å². The second-order valence-corrected chi connectivity index (χ2v) is 6.99. The van der Waals surface area contributed by atoms with Gasteiger partial charge in [0.25, 0.3) is 0 Å². The number of aromatic nitrogens is 2. The SMILES string of the molecule is CCCc1ccc(Nc2nc(N(C)c3ccc(OCC)cc3)ncc2C(F)(F)F)cc1. The van der Waals surface area contributed by atoms with Crippen LogP contribution in [-0.4, -0.2) is 23.6 Å². The minimum absolute atomic E-state index is 0.141. The van der Waals surface area contributed by atoms with E-state index < -0.39 is 11.7 Å². The fraction of sp³-hybridized carbons (Fsp3) is 0.304. The van der Waals surface area contributed by atoms with Gasteiger partial charge in [-0.25, -0.2) is 4.98 Å². The number of halogens is 3. The van der Waals surface area contributed by atoms with Crippen LogP contribution in [0.2, 0.25) is 0 Å². The first-order valence-electron chi connectivity index (χ1n) is 10.1. The van der Waals surface area contributed by atoms with Gasteiger partial charge in [0.1, 0.15) is 17.1 Å². The normalized spacial score (nSPS) is 11.3. The lowest BCUT2D eigenvalue weighted by atomic mass is 10.1. The maximum absolute atomic E-state index is 13.5. The molecule has 1 N–H and O–H groups in total. The monoisotopic (exact) mass is 430 g/mol. The fourth-order valence-electron chi connectivity index (χ4n) is 3.07. The van der Waals surface area contributed by atoms with Crippen molar-refractivity contribution in [2.45, 2.75) is 32.9 Å². The lowest BCUT2D eigenvalue weighted by molar-refractivity contribution is -0.137. The fourth-order valence-corrected chi connectivity index (χ4v) is 3.07. The molecule has 0 aliphatic heterocycles. The van der Waals surface area contributed by atoms with Crippen LogP contribution in [0.5, 0.6) is 5.75 Å². The number of hydrogen-bond acceptors (Lipinski definition) is 5. The smallest absolute Gasteiger partial charge is 0.421 e. The van der Waals surface area contributed by atoms with Crippen molar-refractivity contribution in [3.05, 3.63) is 65.9 Å². The van der Waals surface area contributed by atoms with E-state index in [0.717, 1.165) is 30.3 Å². The Labute approximate surface area is 179 Å². The summed E-state index contributed by atoms with van der Waals surface area (Å²) in [6, 6.07) is 14.5. The van der Waals surface area contributed by atoms with E-state index in [0.29, 0.717) is 18.0 Å². The molecule has 3 rings (SSSR count). The van der Waals surface area contributed by atoms with Gasteiger partial charge < -0.3 is 15.0 Å². The van der Waals surface area contributed by atoms with E-state index in [1.807, 2.05) is 19.1 Å². The summed E-state index contributed by atoms with van der Waals surface area (Å²) in [6.45, 7) is 4.51. The number of nitrogens with zero attached hydrogens (tertiary/aromatic N) is 3. The zero-order chi connectivity index (χ0) is 22.4. The minimum atomic E-state index is -4.58. The van der Waals surface area contributed by atoms with Crippen LogP contribution in [0.15, 0.2) is 54.7 Å². The Hall–Kier alpha value is -3.29. The molecule has 8 heteroatoms. The molecule has 1 aromatic heterocycles. The number of alkyl halides is 3. The number of rotatable bonds is 8. The van der Waals surface area contributed by atoms with Gasteiger partial charge in [-0.1, -0.05) is 25.5 Å². The van der Waals surface area contributed by atoms with E-state index in [2.05, 4.69) is 22.2 Å². The van der Waals surface area contributed by atoms with E-state index >= 15 is 0 Å². The van der Waals surface area contributed by atoms with E-state index in [9.17, 15) is 13.2 Å². The van der Waals surface area contributed by atoms with E-state index in [4.69, 9.17) is 4.74 Å². The third-order valence-electron chi connectivity index (χ3n) is 4.67. The minimum Gasteiger partial charge on any atom is -0.494 e. The van der Waals surface area contributed by atoms with E-state index in [1.165, 1.54) is 0 Å². The Morgan fingerprint density at radius 2 is 1.68 bits per heavy atom. The average Bonchev–Trinajstić information content (AvgIpc) is 2.75. The van der Waals surface area contributed by atoms with Gasteiger partial charge in [0.05, 0.1) is 6.61 Å². The molecule has 3 aromatic rings. The van der Waals surface area contributed by atoms with Crippen LogP contribution in [0.3, 0.4) is 0 Å². The molecular weight excluding hydrogens is 405 g/mol. The quantitative estimate of drug-likeness (QED) is 0.451. The summed E-state index contributed by atoms with van der Waals surface area (Å²) in [5.74, 6) is 0.558. The van der Waals surface area contributed by atoms with Gasteiger partial charge in [0.2, 0.25) is 5.95 Å². The third kappa shape index (κ3) is 5.65. The maximum atomic E-state index is 13.5. The summed E-state index contributed by atoms with van der Waals surface area (Å²) in [5.41, 5.74) is 1.45. The van der Waals surface area contributed by atoms with Crippen LogP contribution >= 0.6 is 0 Å². The molecule has 2 aromatic carbocycles. The number of hydrogen-bond donors (Lipinski definition) is 1. The number of benzene rings is 2. The molecule has 5 nitrogen and oxygen atoms in total. The van der Waals surface area contributed by atoms with Crippen molar-refractivity contribution in [1.82, 2.24) is 9.97 Å². The summed E-state index contributed by atoms with van der Waals surface area (Å²) >= 11 is 0.